The average molecular weight is 343 g/mol. The van der Waals surface area contributed by atoms with Gasteiger partial charge in [-0.05, 0) is 63.0 Å². The fourth-order valence-corrected chi connectivity index (χ4v) is 4.20. The average Bonchev–Trinajstić information content (AvgIpc) is 3.01. The highest BCUT2D eigenvalue weighted by molar-refractivity contribution is 7.11. The first kappa shape index (κ1) is 15.6. The van der Waals surface area contributed by atoms with Crippen LogP contribution in [0.4, 0.5) is 0 Å². The summed E-state index contributed by atoms with van der Waals surface area (Å²) in [6.07, 6.45) is 2.40. The molecule has 1 unspecified atom stereocenters. The maximum absolute atomic E-state index is 12.5. The van der Waals surface area contributed by atoms with Gasteiger partial charge in [0.25, 0.3) is 11.1 Å². The van der Waals surface area contributed by atoms with Crippen molar-refractivity contribution in [3.8, 4) is 10.9 Å². The second-order valence-corrected chi connectivity index (χ2v) is 7.42. The summed E-state index contributed by atoms with van der Waals surface area (Å²) in [5, 5.41) is 5.78. The van der Waals surface area contributed by atoms with Crippen LogP contribution in [-0.4, -0.2) is 41.5 Å². The zero-order valence-electron chi connectivity index (χ0n) is 13.7. The lowest BCUT2D eigenvalue weighted by molar-refractivity contribution is 0.0620. The number of amides is 1. The molecular formula is C18H21N3O2S. The smallest absolute Gasteiger partial charge is 0.278 e. The molecule has 0 spiro atoms. The Morgan fingerprint density at radius 1 is 1.29 bits per heavy atom. The van der Waals surface area contributed by atoms with Crippen molar-refractivity contribution in [2.24, 2.45) is 5.92 Å². The van der Waals surface area contributed by atoms with Crippen molar-refractivity contribution in [1.82, 2.24) is 15.2 Å². The molecule has 6 heteroatoms. The van der Waals surface area contributed by atoms with Crippen LogP contribution >= 0.6 is 11.3 Å². The maximum atomic E-state index is 12.5. The second-order valence-electron chi connectivity index (χ2n) is 6.60. The number of ether oxygens (including phenoxy) is 1. The Balaban J connectivity index is 1.38. The third-order valence-electron chi connectivity index (χ3n) is 4.89. The molecule has 0 radical (unpaired) electrons. The van der Waals surface area contributed by atoms with E-state index in [0.29, 0.717) is 22.4 Å². The zero-order chi connectivity index (χ0) is 16.5. The normalized spacial score (nSPS) is 25.5. The molecule has 3 aliphatic heterocycles. The number of nitrogens with one attached hydrogen (secondary N) is 1. The van der Waals surface area contributed by atoms with Gasteiger partial charge in [0.15, 0.2) is 0 Å². The molecule has 24 heavy (non-hydrogen) atoms. The van der Waals surface area contributed by atoms with Gasteiger partial charge in [-0.3, -0.25) is 4.79 Å². The van der Waals surface area contributed by atoms with Crippen LogP contribution in [0.3, 0.4) is 0 Å². The van der Waals surface area contributed by atoms with Crippen LogP contribution in [0.5, 0.6) is 10.9 Å². The number of fused-ring (bicyclic) bond motifs is 3. The van der Waals surface area contributed by atoms with Crippen molar-refractivity contribution < 1.29 is 9.53 Å². The van der Waals surface area contributed by atoms with Crippen LogP contribution in [-0.2, 0) is 0 Å². The van der Waals surface area contributed by atoms with Crippen LogP contribution in [0.25, 0.3) is 0 Å². The summed E-state index contributed by atoms with van der Waals surface area (Å²) >= 11 is 1.47. The van der Waals surface area contributed by atoms with Gasteiger partial charge in [0.1, 0.15) is 5.75 Å². The Morgan fingerprint density at radius 2 is 2.04 bits per heavy atom. The molecule has 3 aliphatic rings. The van der Waals surface area contributed by atoms with E-state index >= 15 is 0 Å². The van der Waals surface area contributed by atoms with Gasteiger partial charge in [-0.1, -0.05) is 11.3 Å². The topological polar surface area (TPSA) is 54.5 Å². The predicted octanol–water partition coefficient (Wildman–Crippen LogP) is 3.07. The Hall–Kier alpha value is -1.92. The second kappa shape index (κ2) is 6.53. The number of carbonyl (C=O) groups is 1. The van der Waals surface area contributed by atoms with Crippen LogP contribution in [0.15, 0.2) is 29.6 Å². The minimum atomic E-state index is 0.00499. The molecule has 3 fully saturated rings. The van der Waals surface area contributed by atoms with E-state index < -0.39 is 0 Å². The van der Waals surface area contributed by atoms with Crippen LogP contribution in [0.1, 0.15) is 28.9 Å². The maximum Gasteiger partial charge on any atom is 0.278 e. The molecule has 2 bridgehead atoms. The van der Waals surface area contributed by atoms with Gasteiger partial charge in [-0.2, -0.15) is 0 Å². The lowest BCUT2D eigenvalue weighted by atomic mass is 9.84. The summed E-state index contributed by atoms with van der Waals surface area (Å²) in [5.74, 6) is 1.34. The van der Waals surface area contributed by atoms with Crippen molar-refractivity contribution >= 4 is 17.2 Å². The molecule has 1 atom stereocenters. The number of aryl methyl sites for hydroxylation is 1. The minimum Gasteiger partial charge on any atom is -0.431 e. The third kappa shape index (κ3) is 3.30. The molecule has 126 valence electrons. The highest BCUT2D eigenvalue weighted by Crippen LogP contribution is 2.28. The molecule has 2 aromatic rings. The van der Waals surface area contributed by atoms with Gasteiger partial charge >= 0.3 is 0 Å². The Bertz CT molecular complexity index is 720. The summed E-state index contributed by atoms with van der Waals surface area (Å²) in [5.41, 5.74) is 1.62. The standard InChI is InChI=1S/C18H21N3O2S/c1-12-11-24-18(19-12)23-15-4-2-14(3-5-15)17(22)20-16-10-21-8-6-13(16)7-9-21/h2-5,11,13,16H,6-10H2,1H3,(H,20,22). The van der Waals surface area contributed by atoms with Crippen molar-refractivity contribution in [2.75, 3.05) is 19.6 Å². The van der Waals surface area contributed by atoms with E-state index in [4.69, 9.17) is 4.74 Å². The van der Waals surface area contributed by atoms with E-state index in [1.54, 1.807) is 0 Å². The van der Waals surface area contributed by atoms with Gasteiger partial charge in [0, 0.05) is 23.5 Å². The summed E-state index contributed by atoms with van der Waals surface area (Å²) < 4.78 is 5.69. The first-order valence-corrected chi connectivity index (χ1v) is 9.28. The number of aromatic nitrogens is 1. The summed E-state index contributed by atoms with van der Waals surface area (Å²) in [4.78, 5) is 19.2. The molecular weight excluding hydrogens is 322 g/mol. The van der Waals surface area contributed by atoms with Gasteiger partial charge in [0.2, 0.25) is 0 Å². The molecule has 0 aliphatic carbocycles. The van der Waals surface area contributed by atoms with Crippen LogP contribution in [0.2, 0.25) is 0 Å². The van der Waals surface area contributed by atoms with Gasteiger partial charge in [-0.25, -0.2) is 4.98 Å². The van der Waals surface area contributed by atoms with Crippen molar-refractivity contribution in [1.29, 1.82) is 0 Å². The fourth-order valence-electron chi connectivity index (χ4n) is 3.53. The summed E-state index contributed by atoms with van der Waals surface area (Å²) in [6, 6.07) is 7.55. The first-order chi connectivity index (χ1) is 11.7. The Morgan fingerprint density at radius 3 is 2.62 bits per heavy atom. The van der Waals surface area contributed by atoms with E-state index in [1.165, 1.54) is 37.3 Å². The lowest BCUT2D eigenvalue weighted by Crippen LogP contribution is -2.57. The van der Waals surface area contributed by atoms with Crippen LogP contribution in [0, 0.1) is 12.8 Å². The number of hydrogen-bond acceptors (Lipinski definition) is 5. The van der Waals surface area contributed by atoms with Crippen LogP contribution < -0.4 is 10.1 Å². The monoisotopic (exact) mass is 343 g/mol. The van der Waals surface area contributed by atoms with Gasteiger partial charge < -0.3 is 15.0 Å². The number of rotatable bonds is 4. The fraction of sp³-hybridized carbons (Fsp3) is 0.444. The molecule has 0 saturated carbocycles. The molecule has 5 nitrogen and oxygen atoms in total. The van der Waals surface area contributed by atoms with E-state index in [9.17, 15) is 4.79 Å². The van der Waals surface area contributed by atoms with Crippen molar-refractivity contribution in [2.45, 2.75) is 25.8 Å². The highest BCUT2D eigenvalue weighted by atomic mass is 32.1. The molecule has 1 amide bonds. The minimum absolute atomic E-state index is 0.00499. The molecule has 1 aromatic carbocycles. The number of carbonyl (C=O) groups excluding carboxylic acids is 1. The number of benzene rings is 1. The molecule has 1 aromatic heterocycles. The highest BCUT2D eigenvalue weighted by Gasteiger charge is 2.34. The summed E-state index contributed by atoms with van der Waals surface area (Å²) in [6.45, 7) is 5.28. The number of thiazole rings is 1. The predicted molar refractivity (Wildman–Crippen MR) is 93.8 cm³/mol. The number of nitrogens with zero attached hydrogens (tertiary/aromatic N) is 2. The Labute approximate surface area is 145 Å². The van der Waals surface area contributed by atoms with Crippen molar-refractivity contribution in [3.05, 3.63) is 40.9 Å². The summed E-state index contributed by atoms with van der Waals surface area (Å²) in [7, 11) is 0. The van der Waals surface area contributed by atoms with Crippen molar-refractivity contribution in [3.63, 3.8) is 0 Å². The van der Waals surface area contributed by atoms with E-state index in [0.717, 1.165) is 12.2 Å². The zero-order valence-corrected chi connectivity index (χ0v) is 14.5. The Kier molecular flexibility index (Phi) is 4.24. The lowest BCUT2D eigenvalue weighted by Gasteiger charge is -2.44. The number of hydrogen-bond donors (Lipinski definition) is 1. The van der Waals surface area contributed by atoms with E-state index in [2.05, 4.69) is 15.2 Å². The molecule has 3 saturated heterocycles. The quantitative estimate of drug-likeness (QED) is 0.927. The molecule has 5 rings (SSSR count). The SMILES string of the molecule is Cc1csc(Oc2ccc(C(=O)NC3CN4CCC3CC4)cc2)n1. The van der Waals surface area contributed by atoms with E-state index in [1.807, 2.05) is 36.6 Å². The molecule has 4 heterocycles. The van der Waals surface area contributed by atoms with Gasteiger partial charge in [0.05, 0.1) is 5.69 Å². The first-order valence-electron chi connectivity index (χ1n) is 8.40. The van der Waals surface area contributed by atoms with Gasteiger partial charge in [-0.15, -0.1) is 0 Å². The molecule has 1 N–H and O–H groups in total. The van der Waals surface area contributed by atoms with E-state index in [-0.39, 0.29) is 11.9 Å². The largest absolute Gasteiger partial charge is 0.431 e. The third-order valence-corrected chi connectivity index (χ3v) is 5.73. The number of piperidine rings is 3.